The van der Waals surface area contributed by atoms with E-state index in [1.807, 2.05) is 29.2 Å². The minimum Gasteiger partial charge on any atom is -0.485 e. The van der Waals surface area contributed by atoms with E-state index in [0.717, 1.165) is 19.5 Å². The Morgan fingerprint density at radius 2 is 1.86 bits per heavy atom. The van der Waals surface area contributed by atoms with Crippen LogP contribution in [0.25, 0.3) is 0 Å². The van der Waals surface area contributed by atoms with E-state index >= 15 is 0 Å². The van der Waals surface area contributed by atoms with Crippen LogP contribution in [0.3, 0.4) is 0 Å². The zero-order chi connectivity index (χ0) is 20.2. The lowest BCUT2D eigenvalue weighted by atomic mass is 9.86. The molecule has 0 radical (unpaired) electrons. The number of rotatable bonds is 4. The number of carbonyl (C=O) groups is 2. The molecule has 4 rings (SSSR count). The Labute approximate surface area is 172 Å². The van der Waals surface area contributed by atoms with Gasteiger partial charge in [0.25, 0.3) is 11.8 Å². The van der Waals surface area contributed by atoms with Gasteiger partial charge in [0.15, 0.2) is 18.0 Å². The molecule has 1 aliphatic carbocycles. The van der Waals surface area contributed by atoms with Gasteiger partial charge in [0.1, 0.15) is 6.61 Å². The summed E-state index contributed by atoms with van der Waals surface area (Å²) in [5.74, 6) is 1.98. The smallest absolute Gasteiger partial charge is 0.275 e. The van der Waals surface area contributed by atoms with E-state index in [1.54, 1.807) is 0 Å². The summed E-state index contributed by atoms with van der Waals surface area (Å²) in [6.45, 7) is 5.81. The maximum Gasteiger partial charge on any atom is 0.275 e. The third kappa shape index (κ3) is 4.83. The molecule has 3 atom stereocenters. The molecule has 1 aromatic rings. The van der Waals surface area contributed by atoms with Crippen molar-refractivity contribution < 1.29 is 24.0 Å². The monoisotopic (exact) mass is 402 g/mol. The van der Waals surface area contributed by atoms with E-state index in [4.69, 9.17) is 9.47 Å². The van der Waals surface area contributed by atoms with E-state index in [-0.39, 0.29) is 18.4 Å². The van der Waals surface area contributed by atoms with Crippen molar-refractivity contribution in [2.75, 3.05) is 39.3 Å². The van der Waals surface area contributed by atoms with Crippen LogP contribution in [0.5, 0.6) is 11.5 Å². The number of fused-ring (bicyclic) bond motifs is 1. The normalized spacial score (nSPS) is 27.3. The molecule has 2 amide bonds. The Kier molecular flexibility index (Phi) is 6.23. The second kappa shape index (κ2) is 9.03. The number of hydrogen-bond acceptors (Lipinski definition) is 4. The van der Waals surface area contributed by atoms with Crippen molar-refractivity contribution in [3.63, 3.8) is 0 Å². The maximum atomic E-state index is 12.8. The van der Waals surface area contributed by atoms with Gasteiger partial charge in [-0.15, -0.1) is 0 Å². The first-order chi connectivity index (χ1) is 14.1. The Morgan fingerprint density at radius 1 is 1.14 bits per heavy atom. The highest BCUT2D eigenvalue weighted by molar-refractivity contribution is 5.82. The number of amides is 2. The Hall–Kier alpha value is -2.28. The molecule has 2 N–H and O–H groups in total. The number of benzene rings is 1. The topological polar surface area (TPSA) is 72.3 Å². The van der Waals surface area contributed by atoms with Crippen LogP contribution >= 0.6 is 0 Å². The summed E-state index contributed by atoms with van der Waals surface area (Å²) < 4.78 is 11.5. The zero-order valence-corrected chi connectivity index (χ0v) is 17.2. The van der Waals surface area contributed by atoms with Crippen LogP contribution in [0.1, 0.15) is 32.6 Å². The van der Waals surface area contributed by atoms with Crippen LogP contribution < -0.4 is 19.7 Å². The van der Waals surface area contributed by atoms with Crippen molar-refractivity contribution >= 4 is 11.8 Å². The van der Waals surface area contributed by atoms with Gasteiger partial charge in [-0.25, -0.2) is 0 Å². The Bertz CT molecular complexity index is 733. The third-order valence-electron chi connectivity index (χ3n) is 6.43. The lowest BCUT2D eigenvalue weighted by Gasteiger charge is -2.35. The first-order valence-corrected chi connectivity index (χ1v) is 10.9. The van der Waals surface area contributed by atoms with Crippen molar-refractivity contribution in [1.29, 1.82) is 0 Å². The second-order valence-electron chi connectivity index (χ2n) is 8.55. The molecule has 7 heteroatoms. The summed E-state index contributed by atoms with van der Waals surface area (Å²) in [5.41, 5.74) is 0. The molecule has 0 spiro atoms. The predicted molar refractivity (Wildman–Crippen MR) is 108 cm³/mol. The van der Waals surface area contributed by atoms with Crippen molar-refractivity contribution in [3.8, 4) is 11.5 Å². The van der Waals surface area contributed by atoms with E-state index in [2.05, 4.69) is 12.2 Å². The quantitative estimate of drug-likeness (QED) is 0.757. The van der Waals surface area contributed by atoms with E-state index < -0.39 is 6.10 Å². The summed E-state index contributed by atoms with van der Waals surface area (Å²) in [5, 5.41) is 3.23. The standard InChI is InChI=1S/C22H31N3O4/c1-16-6-2-3-7-17(16)23-21(26)14-24-10-12-25(13-11-24)22(27)20-15-28-18-8-4-5-9-19(18)29-20/h4-5,8-9,16-17,20H,2-3,6-7,10-15H2,1H3,(H,23,26)/p+1/t16-,17-,20+/m1/s1. The van der Waals surface area contributed by atoms with Gasteiger partial charge < -0.3 is 24.6 Å². The summed E-state index contributed by atoms with van der Waals surface area (Å²) in [4.78, 5) is 28.4. The first-order valence-electron chi connectivity index (χ1n) is 10.9. The number of carbonyl (C=O) groups excluding carboxylic acids is 2. The Morgan fingerprint density at radius 3 is 2.62 bits per heavy atom. The lowest BCUT2D eigenvalue weighted by Crippen LogP contribution is -3.16. The van der Waals surface area contributed by atoms with Gasteiger partial charge in [-0.2, -0.15) is 0 Å². The average Bonchev–Trinajstić information content (AvgIpc) is 2.75. The molecule has 7 nitrogen and oxygen atoms in total. The molecule has 29 heavy (non-hydrogen) atoms. The molecule has 2 aliphatic heterocycles. The second-order valence-corrected chi connectivity index (χ2v) is 8.55. The van der Waals surface area contributed by atoms with Crippen molar-refractivity contribution in [2.24, 2.45) is 5.92 Å². The highest BCUT2D eigenvalue weighted by Crippen LogP contribution is 2.31. The molecular weight excluding hydrogens is 370 g/mol. The van der Waals surface area contributed by atoms with Gasteiger partial charge in [0.2, 0.25) is 6.10 Å². The van der Waals surface area contributed by atoms with E-state index in [9.17, 15) is 9.59 Å². The largest absolute Gasteiger partial charge is 0.485 e. The number of piperazine rings is 1. The average molecular weight is 403 g/mol. The zero-order valence-electron chi connectivity index (χ0n) is 17.2. The number of ether oxygens (including phenoxy) is 2. The summed E-state index contributed by atoms with van der Waals surface area (Å²) >= 11 is 0. The number of hydrogen-bond donors (Lipinski definition) is 2. The van der Waals surface area contributed by atoms with Gasteiger partial charge >= 0.3 is 0 Å². The van der Waals surface area contributed by atoms with Crippen LogP contribution in [0.2, 0.25) is 0 Å². The third-order valence-corrected chi connectivity index (χ3v) is 6.43. The SMILES string of the molecule is C[C@@H]1CCCC[C@H]1NC(=O)C[NH+]1CCN(C(=O)[C@@H]2COc3ccccc3O2)CC1. The van der Waals surface area contributed by atoms with Crippen LogP contribution in [-0.2, 0) is 9.59 Å². The van der Waals surface area contributed by atoms with Crippen LogP contribution in [-0.4, -0.2) is 68.2 Å². The molecule has 1 saturated carbocycles. The van der Waals surface area contributed by atoms with Gasteiger partial charge in [0.05, 0.1) is 26.2 Å². The molecule has 2 heterocycles. The van der Waals surface area contributed by atoms with Gasteiger partial charge in [-0.1, -0.05) is 31.9 Å². The van der Waals surface area contributed by atoms with Crippen LogP contribution in [0.15, 0.2) is 24.3 Å². The molecule has 1 saturated heterocycles. The first kappa shape index (κ1) is 20.0. The predicted octanol–water partition coefficient (Wildman–Crippen LogP) is 0.248. The summed E-state index contributed by atoms with van der Waals surface area (Å²) in [6.07, 6.45) is 4.19. The van der Waals surface area contributed by atoms with Crippen LogP contribution in [0, 0.1) is 5.92 Å². The van der Waals surface area contributed by atoms with E-state index in [1.165, 1.54) is 24.2 Å². The molecule has 1 aromatic carbocycles. The van der Waals surface area contributed by atoms with E-state index in [0.29, 0.717) is 43.1 Å². The molecule has 158 valence electrons. The molecule has 0 unspecified atom stereocenters. The highest BCUT2D eigenvalue weighted by atomic mass is 16.6. The minimum absolute atomic E-state index is 0.0287. The van der Waals surface area contributed by atoms with Gasteiger partial charge in [-0.3, -0.25) is 9.59 Å². The van der Waals surface area contributed by atoms with Crippen LogP contribution in [0.4, 0.5) is 0 Å². The molecular formula is C22H32N3O4+. The fourth-order valence-electron chi connectivity index (χ4n) is 4.58. The van der Waals surface area contributed by atoms with Crippen molar-refractivity contribution in [2.45, 2.75) is 44.8 Å². The fourth-order valence-corrected chi connectivity index (χ4v) is 4.58. The molecule has 0 aromatic heterocycles. The highest BCUT2D eigenvalue weighted by Gasteiger charge is 2.34. The van der Waals surface area contributed by atoms with Gasteiger partial charge in [-0.05, 0) is 30.9 Å². The van der Waals surface area contributed by atoms with Crippen molar-refractivity contribution in [3.05, 3.63) is 24.3 Å². The number of quaternary nitrogens is 1. The molecule has 3 aliphatic rings. The number of nitrogens with zero attached hydrogens (tertiary/aromatic N) is 1. The minimum atomic E-state index is -0.595. The number of para-hydroxylation sites is 2. The fraction of sp³-hybridized carbons (Fsp3) is 0.636. The molecule has 2 fully saturated rings. The lowest BCUT2D eigenvalue weighted by molar-refractivity contribution is -0.896. The van der Waals surface area contributed by atoms with Gasteiger partial charge in [0, 0.05) is 6.04 Å². The van der Waals surface area contributed by atoms with Crippen molar-refractivity contribution in [1.82, 2.24) is 10.2 Å². The number of nitrogens with one attached hydrogen (secondary N) is 2. The summed E-state index contributed by atoms with van der Waals surface area (Å²) in [6, 6.07) is 7.75. The maximum absolute atomic E-state index is 12.8. The Balaban J connectivity index is 1.22. The molecule has 0 bridgehead atoms. The summed E-state index contributed by atoms with van der Waals surface area (Å²) in [7, 11) is 0.